The molecule has 0 bridgehead atoms. The van der Waals surface area contributed by atoms with Gasteiger partial charge >= 0.3 is 0 Å². The van der Waals surface area contributed by atoms with Crippen molar-refractivity contribution in [1.29, 1.82) is 0 Å². The van der Waals surface area contributed by atoms with Crippen LogP contribution in [0, 0.1) is 23.7 Å². The summed E-state index contributed by atoms with van der Waals surface area (Å²) in [5.41, 5.74) is 0. The SMILES string of the molecule is CC([B]C(C)CC(C)C(C)CI)CC(C)C(C)C. The first kappa shape index (κ1) is 18.8. The highest BCUT2D eigenvalue weighted by molar-refractivity contribution is 14.1. The Morgan fingerprint density at radius 3 is 1.56 bits per heavy atom. The zero-order chi connectivity index (χ0) is 14.3. The van der Waals surface area contributed by atoms with Gasteiger partial charge in [-0.3, -0.25) is 0 Å². The Hall–Kier alpha value is 0.795. The molecule has 0 aliphatic carbocycles. The van der Waals surface area contributed by atoms with Gasteiger partial charge < -0.3 is 0 Å². The monoisotopic (exact) mass is 363 g/mol. The molecule has 0 aromatic rings. The Balaban J connectivity index is 3.96. The standard InChI is InChI=1S/C16H33BI/c1-11(2)12(3)8-15(6)17-16(7)9-13(4)14(5)10-18/h11-16H,8-10H2,1-7H3. The summed E-state index contributed by atoms with van der Waals surface area (Å²) in [4.78, 5) is 0. The van der Waals surface area contributed by atoms with Crippen LogP contribution in [-0.4, -0.2) is 11.7 Å². The van der Waals surface area contributed by atoms with Crippen LogP contribution in [0.1, 0.15) is 61.3 Å². The number of hydrogen-bond acceptors (Lipinski definition) is 0. The fourth-order valence-electron chi connectivity index (χ4n) is 2.55. The second-order valence-electron chi connectivity index (χ2n) is 6.95. The summed E-state index contributed by atoms with van der Waals surface area (Å²) in [5.74, 6) is 4.89. The van der Waals surface area contributed by atoms with Gasteiger partial charge in [0, 0.05) is 4.43 Å². The van der Waals surface area contributed by atoms with Gasteiger partial charge in [-0.25, -0.2) is 0 Å². The van der Waals surface area contributed by atoms with Crippen molar-refractivity contribution in [3.8, 4) is 0 Å². The highest BCUT2D eigenvalue weighted by Gasteiger charge is 2.19. The van der Waals surface area contributed by atoms with Crippen LogP contribution >= 0.6 is 22.6 Å². The largest absolute Gasteiger partial charge is 0.117 e. The molecule has 0 aromatic heterocycles. The van der Waals surface area contributed by atoms with E-state index >= 15 is 0 Å². The Morgan fingerprint density at radius 1 is 0.722 bits per heavy atom. The second kappa shape index (κ2) is 9.66. The van der Waals surface area contributed by atoms with Crippen LogP contribution in [0.4, 0.5) is 0 Å². The van der Waals surface area contributed by atoms with Crippen molar-refractivity contribution in [1.82, 2.24) is 0 Å². The zero-order valence-corrected chi connectivity index (χ0v) is 15.7. The van der Waals surface area contributed by atoms with Gasteiger partial charge in [-0.15, -0.1) is 0 Å². The molecule has 0 amide bonds. The third-order valence-corrected chi connectivity index (χ3v) is 5.89. The van der Waals surface area contributed by atoms with E-state index in [0.717, 1.165) is 35.3 Å². The third-order valence-electron chi connectivity index (χ3n) is 4.50. The lowest BCUT2D eigenvalue weighted by atomic mass is 9.52. The van der Waals surface area contributed by atoms with Crippen molar-refractivity contribution in [2.45, 2.75) is 72.9 Å². The average Bonchev–Trinajstić information content (AvgIpc) is 2.26. The fraction of sp³-hybridized carbons (Fsp3) is 1.00. The van der Waals surface area contributed by atoms with Crippen LogP contribution in [0.25, 0.3) is 0 Å². The van der Waals surface area contributed by atoms with E-state index in [-0.39, 0.29) is 0 Å². The van der Waals surface area contributed by atoms with Crippen molar-refractivity contribution >= 4 is 29.9 Å². The van der Waals surface area contributed by atoms with Crippen LogP contribution in [0.15, 0.2) is 0 Å². The third kappa shape index (κ3) is 8.06. The molecule has 107 valence electrons. The molecule has 0 aromatic carbocycles. The molecule has 5 unspecified atom stereocenters. The van der Waals surface area contributed by atoms with Gasteiger partial charge in [0.05, 0.1) is 0 Å². The van der Waals surface area contributed by atoms with Gasteiger partial charge in [0.15, 0.2) is 0 Å². The Bertz CT molecular complexity index is 205. The fourth-order valence-corrected chi connectivity index (χ4v) is 3.42. The molecule has 5 atom stereocenters. The van der Waals surface area contributed by atoms with Crippen LogP contribution in [0.2, 0.25) is 11.6 Å². The maximum atomic E-state index is 2.59. The van der Waals surface area contributed by atoms with E-state index in [4.69, 9.17) is 0 Å². The molecular weight excluding hydrogens is 330 g/mol. The van der Waals surface area contributed by atoms with Gasteiger partial charge in [0.25, 0.3) is 0 Å². The minimum Gasteiger partial charge on any atom is -0.0861 e. The first-order valence-electron chi connectivity index (χ1n) is 7.68. The van der Waals surface area contributed by atoms with Crippen molar-refractivity contribution in [2.24, 2.45) is 23.7 Å². The molecule has 0 aliphatic heterocycles. The molecule has 1 radical (unpaired) electrons. The molecule has 0 aliphatic rings. The van der Waals surface area contributed by atoms with Crippen molar-refractivity contribution in [3.63, 3.8) is 0 Å². The first-order chi connectivity index (χ1) is 8.27. The molecular formula is C16H33BI. The number of rotatable bonds is 9. The number of halogens is 1. The van der Waals surface area contributed by atoms with Gasteiger partial charge in [-0.1, -0.05) is 95.5 Å². The highest BCUT2D eigenvalue weighted by atomic mass is 127. The lowest BCUT2D eigenvalue weighted by molar-refractivity contribution is 0.381. The maximum absolute atomic E-state index is 2.59. The minimum absolute atomic E-state index is 0.763. The Labute approximate surface area is 130 Å². The van der Waals surface area contributed by atoms with Crippen LogP contribution < -0.4 is 0 Å². The minimum atomic E-state index is 0.763. The highest BCUT2D eigenvalue weighted by Crippen LogP contribution is 2.29. The van der Waals surface area contributed by atoms with Gasteiger partial charge in [-0.05, 0) is 23.7 Å². The first-order valence-corrected chi connectivity index (χ1v) is 9.21. The Kier molecular flexibility index (Phi) is 10.1. The zero-order valence-electron chi connectivity index (χ0n) is 13.5. The van der Waals surface area contributed by atoms with Gasteiger partial charge in [-0.2, -0.15) is 0 Å². The maximum Gasteiger partial charge on any atom is 0.117 e. The summed E-state index contributed by atoms with van der Waals surface area (Å²) >= 11 is 2.51. The molecule has 0 rings (SSSR count). The van der Waals surface area contributed by atoms with E-state index in [1.165, 1.54) is 17.3 Å². The molecule has 0 spiro atoms. The molecule has 18 heavy (non-hydrogen) atoms. The summed E-state index contributed by atoms with van der Waals surface area (Å²) in [6.45, 7) is 16.6. The molecule has 0 saturated carbocycles. The molecule has 2 heteroatoms. The second-order valence-corrected chi connectivity index (χ2v) is 7.83. The molecule has 0 saturated heterocycles. The van der Waals surface area contributed by atoms with E-state index in [1.54, 1.807) is 0 Å². The van der Waals surface area contributed by atoms with E-state index in [0.29, 0.717) is 0 Å². The lowest BCUT2D eigenvalue weighted by Crippen LogP contribution is -2.17. The molecule has 0 nitrogen and oxygen atoms in total. The Morgan fingerprint density at radius 2 is 1.17 bits per heavy atom. The van der Waals surface area contributed by atoms with Crippen molar-refractivity contribution in [2.75, 3.05) is 4.43 Å². The predicted octanol–water partition coefficient (Wildman–Crippen LogP) is 6.09. The summed E-state index contributed by atoms with van der Waals surface area (Å²) in [5, 5.41) is 0. The smallest absolute Gasteiger partial charge is 0.0861 e. The van der Waals surface area contributed by atoms with E-state index in [9.17, 15) is 0 Å². The molecule has 0 fully saturated rings. The van der Waals surface area contributed by atoms with Gasteiger partial charge in [0.1, 0.15) is 7.28 Å². The summed E-state index contributed by atoms with van der Waals surface area (Å²) in [6.07, 6.45) is 2.70. The molecule has 0 heterocycles. The average molecular weight is 363 g/mol. The normalized spacial score (nSPS) is 20.3. The van der Waals surface area contributed by atoms with E-state index in [2.05, 4.69) is 78.3 Å². The summed E-state index contributed by atoms with van der Waals surface area (Å²) in [6, 6.07) is 0. The van der Waals surface area contributed by atoms with E-state index < -0.39 is 0 Å². The quantitative estimate of drug-likeness (QED) is 0.264. The summed E-state index contributed by atoms with van der Waals surface area (Å²) < 4.78 is 1.28. The number of alkyl halides is 1. The van der Waals surface area contributed by atoms with Gasteiger partial charge in [0.2, 0.25) is 0 Å². The van der Waals surface area contributed by atoms with Crippen LogP contribution in [0.5, 0.6) is 0 Å². The lowest BCUT2D eigenvalue weighted by Gasteiger charge is -2.25. The predicted molar refractivity (Wildman–Crippen MR) is 95.1 cm³/mol. The number of hydrogen-bond donors (Lipinski definition) is 0. The van der Waals surface area contributed by atoms with E-state index in [1.807, 2.05) is 0 Å². The van der Waals surface area contributed by atoms with Crippen LogP contribution in [-0.2, 0) is 0 Å². The summed E-state index contributed by atoms with van der Waals surface area (Å²) in [7, 11) is 2.59. The molecule has 0 N–H and O–H groups in total. The van der Waals surface area contributed by atoms with Crippen molar-refractivity contribution < 1.29 is 0 Å². The topological polar surface area (TPSA) is 0 Å². The van der Waals surface area contributed by atoms with Crippen LogP contribution in [0.3, 0.4) is 0 Å². The van der Waals surface area contributed by atoms with Crippen molar-refractivity contribution in [3.05, 3.63) is 0 Å².